The lowest BCUT2D eigenvalue weighted by Gasteiger charge is -2.38. The third-order valence-electron chi connectivity index (χ3n) is 28.7. The van der Waals surface area contributed by atoms with Gasteiger partial charge in [0.15, 0.2) is 12.6 Å². The largest absolute Gasteiger partial charge is 0.508 e. The van der Waals surface area contributed by atoms with E-state index in [4.69, 9.17) is 52.8 Å². The molecule has 3 saturated carbocycles. The van der Waals surface area contributed by atoms with Gasteiger partial charge in [0.1, 0.15) is 46.9 Å². The molecule has 11 heteroatoms. The van der Waals surface area contributed by atoms with E-state index in [1.165, 1.54) is 142 Å². The predicted molar refractivity (Wildman–Crippen MR) is 569 cm³/mol. The lowest BCUT2D eigenvalue weighted by atomic mass is 9.77. The van der Waals surface area contributed by atoms with Crippen LogP contribution in [0.3, 0.4) is 0 Å². The highest BCUT2D eigenvalue weighted by Gasteiger charge is 2.52. The van der Waals surface area contributed by atoms with Gasteiger partial charge in [0.2, 0.25) is 12.6 Å². The Morgan fingerprint density at radius 3 is 1.17 bits per heavy atom. The fraction of sp³-hybridized carbons (Fsp3) is 0.504. The van der Waals surface area contributed by atoms with Crippen LogP contribution in [-0.4, -0.2) is 61.8 Å². The molecule has 11 nitrogen and oxygen atoms in total. The molecule has 738 valence electrons. The first-order chi connectivity index (χ1) is 66.0. The molecule has 0 aliphatic heterocycles. The SMILES string of the molecule is CCC(C)c1ccc(O)cc1.CCC(C)c1ccc(O)cc1.CCC(C)c1ccc(OC(CC(C)C)OCCC2CCCCC2)cc1.CCC(C)c1ccc(OC(OCc2ccccc2)C2CCCC2)cc1.CCCCC(C)CC(OCCOc1c(-c2ccccc2)cccc1-c1ccccc1)Oc1ccc(C(C)CC)cc1.CCOC(Oc1ccc(C(C)CC)cc1)C1(C)CC2C=CC1C2. The minimum atomic E-state index is -0.321. The standard InChI is InChI=1S/C38H46O3.C23H30O2.C23H38O2.C21H30O2.2C10H14O/c1-5-7-15-29(3)28-37(41-34-24-22-31(23-25-34)30(4)6-2)39-26-27-40-38-35(32-16-10-8-11-17-32)20-14-21-36(38)33-18-12-9-13-19-33;1-3-18(2)20-13-15-22(16-14-20)25-23(21-11-7-8-12-21)24-17-19-9-5-4-6-10-19;1-5-19(4)21-11-13-22(14-12-21)25-23(17-18(2)3)24-16-15-20-9-7-6-8-10-20;1-5-15(3)17-8-11-19(12-9-17)23-20(22-6-2)21(4)14-16-7-10-18(21)13-16;2*1-3-8(2)9-4-6-10(11)7-5-9/h8-14,16-25,29-30,37H,5-7,15,26-28H2,1-4H3;4-6,9-10,13-16,18,21,23H,3,7-8,11-12,17H2,1-2H3;11-14,18-20,23H,5-10,15-17H2,1-4H3;7-12,15-16,18,20H,5-6,13-14H2,1-4H3;2*4-8,11H,3H2,1-2H3. The number of phenols is 2. The number of phenolic OH excluding ortho intramolecular Hbond substituents is 2. The van der Waals surface area contributed by atoms with Gasteiger partial charge in [-0.1, -0.05) is 376 Å². The molecule has 3 fully saturated rings. The number of hydrogen-bond acceptors (Lipinski definition) is 11. The summed E-state index contributed by atoms with van der Waals surface area (Å²) in [5.41, 5.74) is 13.8. The topological polar surface area (TPSA) is 124 Å². The lowest BCUT2D eigenvalue weighted by molar-refractivity contribution is -0.158. The average Bonchev–Trinajstić information content (AvgIpc) is 1.56. The van der Waals surface area contributed by atoms with Gasteiger partial charge in [0.25, 0.3) is 0 Å². The lowest BCUT2D eigenvalue weighted by Crippen LogP contribution is -2.42. The number of hydrogen-bond donors (Lipinski definition) is 2. The molecule has 0 amide bonds. The summed E-state index contributed by atoms with van der Waals surface area (Å²) in [6.07, 6.45) is 31.8. The van der Waals surface area contributed by atoms with Gasteiger partial charge in [0.05, 0.1) is 19.8 Å². The van der Waals surface area contributed by atoms with E-state index < -0.39 is 0 Å². The van der Waals surface area contributed by atoms with Gasteiger partial charge in [-0.25, -0.2) is 0 Å². The Bertz CT molecular complexity index is 4710. The quantitative estimate of drug-likeness (QED) is 0.0215. The smallest absolute Gasteiger partial charge is 0.205 e. The summed E-state index contributed by atoms with van der Waals surface area (Å²) in [5.74, 6) is 12.4. The number of para-hydroxylation sites is 1. The number of benzene rings is 10. The maximum Gasteiger partial charge on any atom is 0.205 e. The van der Waals surface area contributed by atoms with Crippen LogP contribution in [-0.2, 0) is 25.6 Å². The van der Waals surface area contributed by atoms with Crippen LogP contribution in [0.1, 0.15) is 347 Å². The molecule has 14 rings (SSSR count). The normalized spacial score (nSPS) is 18.0. The molecule has 10 aromatic carbocycles. The zero-order valence-electron chi connectivity index (χ0n) is 86.5. The molecule has 14 atom stereocenters. The van der Waals surface area contributed by atoms with Crippen LogP contribution in [0.4, 0.5) is 0 Å². The molecule has 10 aromatic rings. The van der Waals surface area contributed by atoms with E-state index >= 15 is 0 Å². The fourth-order valence-corrected chi connectivity index (χ4v) is 18.5. The molecule has 0 spiro atoms. The summed E-state index contributed by atoms with van der Waals surface area (Å²) in [6, 6.07) is 86.6. The van der Waals surface area contributed by atoms with E-state index in [9.17, 15) is 0 Å². The van der Waals surface area contributed by atoms with Crippen molar-refractivity contribution in [2.24, 2.45) is 40.9 Å². The zero-order valence-corrected chi connectivity index (χ0v) is 86.5. The number of allylic oxidation sites excluding steroid dienone is 2. The molecule has 2 N–H and O–H groups in total. The molecule has 4 aliphatic carbocycles. The first-order valence-electron chi connectivity index (χ1n) is 52.7. The Balaban J connectivity index is 0.000000193. The molecular formula is C125H172O11. The summed E-state index contributed by atoms with van der Waals surface area (Å²) >= 11 is 0. The van der Waals surface area contributed by atoms with Gasteiger partial charge in [-0.05, 0) is 266 Å². The van der Waals surface area contributed by atoms with Gasteiger partial charge in [-0.2, -0.15) is 0 Å². The fourth-order valence-electron chi connectivity index (χ4n) is 18.5. The van der Waals surface area contributed by atoms with E-state index in [1.807, 2.05) is 42.5 Å². The zero-order chi connectivity index (χ0) is 97.4. The van der Waals surface area contributed by atoms with Gasteiger partial charge in [0, 0.05) is 41.9 Å². The minimum Gasteiger partial charge on any atom is -0.508 e. The van der Waals surface area contributed by atoms with Crippen molar-refractivity contribution in [1.29, 1.82) is 0 Å². The van der Waals surface area contributed by atoms with E-state index in [2.05, 4.69) is 325 Å². The highest BCUT2D eigenvalue weighted by molar-refractivity contribution is 5.82. The van der Waals surface area contributed by atoms with Crippen LogP contribution in [0.2, 0.25) is 0 Å². The third-order valence-corrected chi connectivity index (χ3v) is 28.7. The predicted octanol–water partition coefficient (Wildman–Crippen LogP) is 35.2. The van der Waals surface area contributed by atoms with Crippen LogP contribution in [0.5, 0.6) is 40.2 Å². The molecule has 2 bridgehead atoms. The van der Waals surface area contributed by atoms with E-state index in [0.717, 1.165) is 108 Å². The van der Waals surface area contributed by atoms with Crippen LogP contribution in [0.15, 0.2) is 267 Å². The summed E-state index contributed by atoms with van der Waals surface area (Å²) < 4.78 is 56.4. The second-order valence-corrected chi connectivity index (χ2v) is 39.7. The van der Waals surface area contributed by atoms with Crippen molar-refractivity contribution < 1.29 is 52.8 Å². The third kappa shape index (κ3) is 36.9. The minimum absolute atomic E-state index is 0.0881. The van der Waals surface area contributed by atoms with Gasteiger partial charge in [-0.3, -0.25) is 0 Å². The van der Waals surface area contributed by atoms with Crippen LogP contribution in [0.25, 0.3) is 22.3 Å². The first kappa shape index (κ1) is 110. The van der Waals surface area contributed by atoms with Crippen LogP contribution in [0, 0.1) is 40.9 Å². The summed E-state index contributed by atoms with van der Waals surface area (Å²) in [6.45, 7) is 43.0. The summed E-state index contributed by atoms with van der Waals surface area (Å²) in [4.78, 5) is 0. The molecule has 0 saturated heterocycles. The summed E-state index contributed by atoms with van der Waals surface area (Å²) in [5, 5.41) is 18.0. The molecule has 0 aromatic heterocycles. The van der Waals surface area contributed by atoms with E-state index in [1.54, 1.807) is 24.3 Å². The van der Waals surface area contributed by atoms with Crippen molar-refractivity contribution in [3.8, 4) is 62.5 Å². The monoisotopic (exact) mass is 1850 g/mol. The maximum absolute atomic E-state index is 9.01. The Kier molecular flexibility index (Phi) is 48.8. The second-order valence-electron chi connectivity index (χ2n) is 39.7. The number of fused-ring (bicyclic) bond motifs is 2. The molecule has 0 heterocycles. The van der Waals surface area contributed by atoms with Crippen LogP contribution >= 0.6 is 0 Å². The van der Waals surface area contributed by atoms with E-state index in [-0.39, 0.29) is 30.6 Å². The number of ether oxygens (including phenoxy) is 9. The molecule has 14 unspecified atom stereocenters. The van der Waals surface area contributed by atoms with Crippen molar-refractivity contribution in [3.05, 3.63) is 306 Å². The number of unbranched alkanes of at least 4 members (excludes halogenated alkanes) is 1. The molecule has 4 aliphatic rings. The second kappa shape index (κ2) is 60.3. The maximum atomic E-state index is 9.01. The van der Waals surface area contributed by atoms with E-state index in [0.29, 0.717) is 103 Å². The molecule has 0 radical (unpaired) electrons. The van der Waals surface area contributed by atoms with Crippen LogP contribution < -0.4 is 23.7 Å². The van der Waals surface area contributed by atoms with Crippen molar-refractivity contribution >= 4 is 0 Å². The Morgan fingerprint density at radius 1 is 0.375 bits per heavy atom. The Morgan fingerprint density at radius 2 is 0.772 bits per heavy atom. The van der Waals surface area contributed by atoms with Gasteiger partial charge >= 0.3 is 0 Å². The highest BCUT2D eigenvalue weighted by atomic mass is 16.7. The summed E-state index contributed by atoms with van der Waals surface area (Å²) in [7, 11) is 0. The van der Waals surface area contributed by atoms with Crippen molar-refractivity contribution in [3.63, 3.8) is 0 Å². The Labute approximate surface area is 823 Å². The van der Waals surface area contributed by atoms with Crippen molar-refractivity contribution in [2.75, 3.05) is 26.4 Å². The average molecular weight is 1850 g/mol. The number of aromatic hydroxyl groups is 2. The number of rotatable bonds is 45. The van der Waals surface area contributed by atoms with Crippen molar-refractivity contribution in [2.45, 2.75) is 340 Å². The highest BCUT2D eigenvalue weighted by Crippen LogP contribution is 2.55. The Hall–Kier alpha value is -9.62. The van der Waals surface area contributed by atoms with Gasteiger partial charge in [-0.15, -0.1) is 0 Å². The molecule has 136 heavy (non-hydrogen) atoms. The first-order valence-corrected chi connectivity index (χ1v) is 52.7. The van der Waals surface area contributed by atoms with Gasteiger partial charge < -0.3 is 52.8 Å². The van der Waals surface area contributed by atoms with Crippen molar-refractivity contribution in [1.82, 2.24) is 0 Å². The molecular weight excluding hydrogens is 1680 g/mol.